The first-order valence-electron chi connectivity index (χ1n) is 18.0. The first kappa shape index (κ1) is 35.4. The molecule has 0 saturated heterocycles. The van der Waals surface area contributed by atoms with E-state index in [-0.39, 0.29) is 17.8 Å². The van der Waals surface area contributed by atoms with Crippen LogP contribution in [0.1, 0.15) is 145 Å². The quantitative estimate of drug-likeness (QED) is 0.205. The molecule has 0 radical (unpaired) electrons. The maximum Gasteiger partial charge on any atom is 0.129 e. The van der Waals surface area contributed by atoms with E-state index < -0.39 is 5.83 Å². The molecule has 0 saturated carbocycles. The van der Waals surface area contributed by atoms with Crippen molar-refractivity contribution >= 4 is 5.57 Å². The van der Waals surface area contributed by atoms with Gasteiger partial charge in [0.1, 0.15) is 23.0 Å². The van der Waals surface area contributed by atoms with Crippen LogP contribution in [-0.4, -0.2) is 5.60 Å². The summed E-state index contributed by atoms with van der Waals surface area (Å²) in [7, 11) is 0. The average molecular weight is 619 g/mol. The maximum absolute atomic E-state index is 14.8. The van der Waals surface area contributed by atoms with Crippen molar-refractivity contribution in [3.05, 3.63) is 69.3 Å². The van der Waals surface area contributed by atoms with E-state index in [9.17, 15) is 8.78 Å². The standard InChI is InChI=1S/C42H60F2O/c1-27(2)13-10-14-28(3)15-11-16-29(4)17-12-23-42(9)24-22-36-33(8)40(31(6)32(7)41(36)45-42)38-25-34(19-18-30(38)5)37-21-20-35(43)26-39(37)44/h18-19,25-29H,10-17,20-24H2,1-9H3. The summed E-state index contributed by atoms with van der Waals surface area (Å²) in [6, 6.07) is 6.17. The van der Waals surface area contributed by atoms with E-state index in [0.29, 0.717) is 12.0 Å². The highest BCUT2D eigenvalue weighted by atomic mass is 19.1. The van der Waals surface area contributed by atoms with Crippen molar-refractivity contribution in [2.45, 2.75) is 151 Å². The molecule has 2 aromatic carbocycles. The Morgan fingerprint density at radius 1 is 0.778 bits per heavy atom. The summed E-state index contributed by atoms with van der Waals surface area (Å²) in [4.78, 5) is 0. The van der Waals surface area contributed by atoms with E-state index in [1.54, 1.807) is 0 Å². The first-order chi connectivity index (χ1) is 21.3. The van der Waals surface area contributed by atoms with Gasteiger partial charge in [-0.15, -0.1) is 0 Å². The van der Waals surface area contributed by atoms with Gasteiger partial charge in [0.05, 0.1) is 0 Å². The maximum atomic E-state index is 14.8. The molecule has 0 amide bonds. The molecule has 0 N–H and O–H groups in total. The molecule has 1 heterocycles. The second-order valence-electron chi connectivity index (χ2n) is 15.4. The van der Waals surface area contributed by atoms with Gasteiger partial charge in [-0.3, -0.25) is 0 Å². The zero-order valence-corrected chi connectivity index (χ0v) is 29.9. The Balaban J connectivity index is 1.41. The number of hydrogen-bond donors (Lipinski definition) is 0. The van der Waals surface area contributed by atoms with E-state index in [1.165, 1.54) is 84.7 Å². The molecular weight excluding hydrogens is 558 g/mol. The molecule has 1 aliphatic heterocycles. The van der Waals surface area contributed by atoms with Crippen molar-refractivity contribution in [3.63, 3.8) is 0 Å². The summed E-state index contributed by atoms with van der Waals surface area (Å²) >= 11 is 0. The van der Waals surface area contributed by atoms with Crippen molar-refractivity contribution in [2.24, 2.45) is 17.8 Å². The van der Waals surface area contributed by atoms with Crippen molar-refractivity contribution in [1.29, 1.82) is 0 Å². The molecule has 1 aliphatic carbocycles. The molecule has 4 rings (SSSR count). The van der Waals surface area contributed by atoms with Crippen LogP contribution in [0.4, 0.5) is 8.78 Å². The van der Waals surface area contributed by atoms with Gasteiger partial charge in [-0.2, -0.15) is 0 Å². The summed E-state index contributed by atoms with van der Waals surface area (Å²) in [6.07, 6.45) is 15.5. The topological polar surface area (TPSA) is 9.23 Å². The van der Waals surface area contributed by atoms with E-state index >= 15 is 0 Å². The van der Waals surface area contributed by atoms with Crippen LogP contribution in [0.3, 0.4) is 0 Å². The molecule has 3 heteroatoms. The van der Waals surface area contributed by atoms with Crippen LogP contribution in [0.15, 0.2) is 35.9 Å². The Labute approximate surface area is 273 Å². The minimum absolute atomic E-state index is 0.133. The molecule has 248 valence electrons. The van der Waals surface area contributed by atoms with Crippen molar-refractivity contribution < 1.29 is 13.5 Å². The fourth-order valence-electron chi connectivity index (χ4n) is 7.72. The summed E-state index contributed by atoms with van der Waals surface area (Å²) < 4.78 is 35.4. The number of rotatable bonds is 14. The van der Waals surface area contributed by atoms with E-state index in [4.69, 9.17) is 4.74 Å². The Hall–Kier alpha value is -2.42. The third kappa shape index (κ3) is 8.89. The summed E-state index contributed by atoms with van der Waals surface area (Å²) in [6.45, 7) is 20.6. The fourth-order valence-corrected chi connectivity index (χ4v) is 7.72. The van der Waals surface area contributed by atoms with Crippen molar-refractivity contribution in [2.75, 3.05) is 0 Å². The first-order valence-corrected chi connectivity index (χ1v) is 18.0. The molecule has 45 heavy (non-hydrogen) atoms. The smallest absolute Gasteiger partial charge is 0.129 e. The molecule has 0 aromatic heterocycles. The van der Waals surface area contributed by atoms with Crippen molar-refractivity contribution in [3.8, 4) is 16.9 Å². The van der Waals surface area contributed by atoms with Gasteiger partial charge in [0.15, 0.2) is 0 Å². The Bertz CT molecular complexity index is 1400. The number of ether oxygens (including phenoxy) is 1. The summed E-state index contributed by atoms with van der Waals surface area (Å²) in [5.41, 5.74) is 9.88. The Kier molecular flexibility index (Phi) is 12.2. The molecule has 3 atom stereocenters. The molecule has 0 spiro atoms. The molecule has 1 nitrogen and oxygen atoms in total. The van der Waals surface area contributed by atoms with Gasteiger partial charge in [-0.1, -0.05) is 84.8 Å². The predicted molar refractivity (Wildman–Crippen MR) is 189 cm³/mol. The van der Waals surface area contributed by atoms with Gasteiger partial charge in [-0.25, -0.2) is 8.78 Å². The second-order valence-corrected chi connectivity index (χ2v) is 15.4. The molecule has 0 fully saturated rings. The predicted octanol–water partition coefficient (Wildman–Crippen LogP) is 13.4. The Morgan fingerprint density at radius 3 is 2.07 bits per heavy atom. The lowest BCUT2D eigenvalue weighted by molar-refractivity contribution is 0.0514. The highest BCUT2D eigenvalue weighted by Crippen LogP contribution is 2.46. The lowest BCUT2D eigenvalue weighted by Gasteiger charge is -2.39. The molecule has 2 aromatic rings. The second kappa shape index (κ2) is 15.4. The van der Waals surface area contributed by atoms with Crippen LogP contribution >= 0.6 is 0 Å². The minimum Gasteiger partial charge on any atom is -0.487 e. The summed E-state index contributed by atoms with van der Waals surface area (Å²) in [5, 5.41) is 0. The highest BCUT2D eigenvalue weighted by molar-refractivity contribution is 5.82. The van der Waals surface area contributed by atoms with Gasteiger partial charge in [0.25, 0.3) is 0 Å². The highest BCUT2D eigenvalue weighted by Gasteiger charge is 2.34. The normalized spacial score (nSPS) is 19.8. The number of fused-ring (bicyclic) bond motifs is 1. The lowest BCUT2D eigenvalue weighted by Crippen LogP contribution is -2.37. The average Bonchev–Trinajstić information content (AvgIpc) is 2.97. The van der Waals surface area contributed by atoms with Gasteiger partial charge >= 0.3 is 0 Å². The van der Waals surface area contributed by atoms with Crippen LogP contribution in [0.5, 0.6) is 5.75 Å². The fraction of sp³-hybridized carbons (Fsp3) is 0.619. The van der Waals surface area contributed by atoms with Gasteiger partial charge in [0, 0.05) is 12.5 Å². The van der Waals surface area contributed by atoms with Crippen LogP contribution in [0.2, 0.25) is 0 Å². The third-order valence-corrected chi connectivity index (χ3v) is 10.9. The number of aryl methyl sites for hydroxylation is 1. The number of hydrogen-bond acceptors (Lipinski definition) is 1. The minimum atomic E-state index is -0.451. The molecular formula is C42H60F2O. The number of halogens is 2. The molecule has 2 aliphatic rings. The monoisotopic (exact) mass is 618 g/mol. The van der Waals surface area contributed by atoms with Gasteiger partial charge in [-0.05, 0) is 141 Å². The largest absolute Gasteiger partial charge is 0.487 e. The van der Waals surface area contributed by atoms with Crippen molar-refractivity contribution in [1.82, 2.24) is 0 Å². The van der Waals surface area contributed by atoms with Crippen LogP contribution < -0.4 is 4.74 Å². The molecule has 0 bridgehead atoms. The zero-order chi connectivity index (χ0) is 32.9. The Morgan fingerprint density at radius 2 is 1.42 bits per heavy atom. The number of allylic oxidation sites excluding steroid dienone is 4. The summed E-state index contributed by atoms with van der Waals surface area (Å²) in [5.74, 6) is 2.70. The van der Waals surface area contributed by atoms with E-state index in [2.05, 4.69) is 74.4 Å². The lowest BCUT2D eigenvalue weighted by atomic mass is 9.80. The van der Waals surface area contributed by atoms with Gasteiger partial charge < -0.3 is 4.74 Å². The molecule has 3 unspecified atom stereocenters. The van der Waals surface area contributed by atoms with E-state index in [0.717, 1.165) is 60.0 Å². The van der Waals surface area contributed by atoms with Crippen LogP contribution in [0.25, 0.3) is 16.7 Å². The van der Waals surface area contributed by atoms with Crippen LogP contribution in [-0.2, 0) is 6.42 Å². The SMILES string of the molecule is Cc1ccc(C2=C(F)C=C(F)CC2)cc1-c1c(C)c(C)c2c(c1C)CCC(C)(CCCC(C)CCCC(C)CCCC(C)C)O2. The van der Waals surface area contributed by atoms with Gasteiger partial charge in [0.2, 0.25) is 0 Å². The number of benzene rings is 2. The van der Waals surface area contributed by atoms with Crippen LogP contribution in [0, 0.1) is 45.4 Å². The van der Waals surface area contributed by atoms with E-state index in [1.807, 2.05) is 6.07 Å². The third-order valence-electron chi connectivity index (χ3n) is 10.9. The zero-order valence-electron chi connectivity index (χ0n) is 29.9.